The van der Waals surface area contributed by atoms with Crippen molar-refractivity contribution in [2.45, 2.75) is 13.8 Å². The fourth-order valence-electron chi connectivity index (χ4n) is 2.42. The van der Waals surface area contributed by atoms with Gasteiger partial charge in [0.2, 0.25) is 0 Å². The number of rotatable bonds is 4. The number of H-pyrrole nitrogens is 1. The van der Waals surface area contributed by atoms with Crippen LogP contribution in [-0.4, -0.2) is 22.5 Å². The van der Waals surface area contributed by atoms with E-state index in [1.54, 1.807) is 38.1 Å². The fraction of sp³-hybridized carbons (Fsp3) is 0.167. The standard InChI is InChI=1S/C18H14BrFN2O3S/c1-3-25-18(24)15-9(2)14-16(23)21-13(22-17(14)26-15)7-5-10-4-6-12(20)11(19)8-10/h4-8H,3H2,1-2H3,(H,21,22,23)/b7-5+. The molecular formula is C18H14BrFN2O3S. The summed E-state index contributed by atoms with van der Waals surface area (Å²) in [7, 11) is 0. The molecule has 3 aromatic rings. The van der Waals surface area contributed by atoms with E-state index >= 15 is 0 Å². The Morgan fingerprint density at radius 2 is 2.19 bits per heavy atom. The van der Waals surface area contributed by atoms with Gasteiger partial charge in [-0.1, -0.05) is 12.1 Å². The van der Waals surface area contributed by atoms with Crippen molar-refractivity contribution in [3.05, 3.63) is 60.7 Å². The lowest BCUT2D eigenvalue weighted by Crippen LogP contribution is -2.10. The highest BCUT2D eigenvalue weighted by Crippen LogP contribution is 2.28. The van der Waals surface area contributed by atoms with Crippen LogP contribution in [0.3, 0.4) is 0 Å². The van der Waals surface area contributed by atoms with Crippen LogP contribution in [0.2, 0.25) is 0 Å². The van der Waals surface area contributed by atoms with Crippen LogP contribution in [0, 0.1) is 12.7 Å². The Bertz CT molecular complexity index is 1090. The van der Waals surface area contributed by atoms with Crippen LogP contribution in [0.4, 0.5) is 4.39 Å². The number of aromatic nitrogens is 2. The molecule has 134 valence electrons. The van der Waals surface area contributed by atoms with Gasteiger partial charge in [-0.05, 0) is 59.1 Å². The molecule has 0 unspecified atom stereocenters. The van der Waals surface area contributed by atoms with Gasteiger partial charge in [-0.15, -0.1) is 11.3 Å². The molecule has 2 aromatic heterocycles. The molecule has 0 aliphatic heterocycles. The predicted octanol–water partition coefficient (Wildman–Crippen LogP) is 4.54. The Kier molecular flexibility index (Phi) is 5.33. The number of aromatic amines is 1. The maximum atomic E-state index is 13.3. The molecule has 0 bridgehead atoms. The first-order chi connectivity index (χ1) is 12.4. The van der Waals surface area contributed by atoms with Crippen LogP contribution in [-0.2, 0) is 4.74 Å². The molecule has 2 heterocycles. The average molecular weight is 437 g/mol. The minimum Gasteiger partial charge on any atom is -0.462 e. The number of hydrogen-bond acceptors (Lipinski definition) is 5. The molecule has 0 saturated heterocycles. The second kappa shape index (κ2) is 7.51. The lowest BCUT2D eigenvalue weighted by Gasteiger charge is -1.99. The zero-order valence-corrected chi connectivity index (χ0v) is 16.3. The highest BCUT2D eigenvalue weighted by atomic mass is 79.9. The molecule has 0 radical (unpaired) electrons. The van der Waals surface area contributed by atoms with Crippen molar-refractivity contribution in [3.8, 4) is 0 Å². The Labute approximate surface area is 160 Å². The number of nitrogens with zero attached hydrogens (tertiary/aromatic N) is 1. The molecule has 5 nitrogen and oxygen atoms in total. The lowest BCUT2D eigenvalue weighted by molar-refractivity contribution is 0.0531. The van der Waals surface area contributed by atoms with E-state index in [4.69, 9.17) is 4.74 Å². The molecule has 1 aromatic carbocycles. The Morgan fingerprint density at radius 1 is 1.42 bits per heavy atom. The van der Waals surface area contributed by atoms with Crippen LogP contribution >= 0.6 is 27.3 Å². The van der Waals surface area contributed by atoms with E-state index in [-0.39, 0.29) is 18.0 Å². The number of thiophene rings is 1. The normalized spacial score (nSPS) is 11.4. The third kappa shape index (κ3) is 3.61. The van der Waals surface area contributed by atoms with Gasteiger partial charge in [0.1, 0.15) is 21.3 Å². The fourth-order valence-corrected chi connectivity index (χ4v) is 3.90. The van der Waals surface area contributed by atoms with Crippen LogP contribution in [0.25, 0.3) is 22.4 Å². The number of halogens is 2. The van der Waals surface area contributed by atoms with E-state index in [1.165, 1.54) is 6.07 Å². The number of ether oxygens (including phenoxy) is 1. The lowest BCUT2D eigenvalue weighted by atomic mass is 10.2. The van der Waals surface area contributed by atoms with Crippen LogP contribution < -0.4 is 5.56 Å². The molecule has 1 N–H and O–H groups in total. The molecule has 0 aliphatic rings. The first-order valence-corrected chi connectivity index (χ1v) is 9.35. The van der Waals surface area contributed by atoms with Crippen molar-refractivity contribution >= 4 is 55.6 Å². The quantitative estimate of drug-likeness (QED) is 0.609. The number of fused-ring (bicyclic) bond motifs is 1. The van der Waals surface area contributed by atoms with E-state index in [0.29, 0.717) is 31.0 Å². The second-order valence-electron chi connectivity index (χ2n) is 5.41. The molecular weight excluding hydrogens is 423 g/mol. The molecule has 0 atom stereocenters. The summed E-state index contributed by atoms with van der Waals surface area (Å²) in [5.41, 5.74) is 0.991. The van der Waals surface area contributed by atoms with E-state index in [0.717, 1.165) is 16.9 Å². The van der Waals surface area contributed by atoms with E-state index < -0.39 is 5.97 Å². The number of hydrogen-bond donors (Lipinski definition) is 1. The molecule has 0 amide bonds. The number of carbonyl (C=O) groups is 1. The minimum atomic E-state index is -0.458. The Morgan fingerprint density at radius 3 is 2.88 bits per heavy atom. The SMILES string of the molecule is CCOC(=O)c1sc2nc(/C=C/c3ccc(F)c(Br)c3)[nH]c(=O)c2c1C. The van der Waals surface area contributed by atoms with Gasteiger partial charge in [0.05, 0.1) is 16.5 Å². The van der Waals surface area contributed by atoms with Gasteiger partial charge >= 0.3 is 5.97 Å². The minimum absolute atomic E-state index is 0.261. The maximum Gasteiger partial charge on any atom is 0.348 e. The molecule has 0 spiro atoms. The average Bonchev–Trinajstić information content (AvgIpc) is 2.93. The smallest absolute Gasteiger partial charge is 0.348 e. The number of esters is 1. The maximum absolute atomic E-state index is 13.3. The van der Waals surface area contributed by atoms with Crippen LogP contribution in [0.1, 0.15) is 33.5 Å². The Hall–Kier alpha value is -2.32. The highest BCUT2D eigenvalue weighted by Gasteiger charge is 2.19. The number of nitrogens with one attached hydrogen (secondary N) is 1. The topological polar surface area (TPSA) is 72.0 Å². The molecule has 8 heteroatoms. The van der Waals surface area contributed by atoms with Crippen molar-refractivity contribution < 1.29 is 13.9 Å². The third-order valence-electron chi connectivity index (χ3n) is 3.66. The largest absolute Gasteiger partial charge is 0.462 e. The summed E-state index contributed by atoms with van der Waals surface area (Å²) in [4.78, 5) is 32.3. The van der Waals surface area contributed by atoms with Crippen LogP contribution in [0.15, 0.2) is 27.5 Å². The van der Waals surface area contributed by atoms with Gasteiger partial charge in [0, 0.05) is 0 Å². The third-order valence-corrected chi connectivity index (χ3v) is 5.43. The Balaban J connectivity index is 2.00. The van der Waals surface area contributed by atoms with E-state index in [1.807, 2.05) is 0 Å². The summed E-state index contributed by atoms with van der Waals surface area (Å²) in [6, 6.07) is 4.58. The number of aryl methyl sites for hydroxylation is 1. The molecule has 0 aliphatic carbocycles. The predicted molar refractivity (Wildman–Crippen MR) is 104 cm³/mol. The van der Waals surface area contributed by atoms with Crippen molar-refractivity contribution in [2.24, 2.45) is 0 Å². The van der Waals surface area contributed by atoms with Gasteiger partial charge in [-0.25, -0.2) is 14.2 Å². The van der Waals surface area contributed by atoms with Gasteiger partial charge in [0.15, 0.2) is 0 Å². The number of benzene rings is 1. The van der Waals surface area contributed by atoms with Crippen molar-refractivity contribution in [3.63, 3.8) is 0 Å². The highest BCUT2D eigenvalue weighted by molar-refractivity contribution is 9.10. The number of carbonyl (C=O) groups excluding carboxylic acids is 1. The second-order valence-corrected chi connectivity index (χ2v) is 7.27. The zero-order chi connectivity index (χ0) is 18.8. The van der Waals surface area contributed by atoms with Gasteiger partial charge in [-0.2, -0.15) is 0 Å². The molecule has 26 heavy (non-hydrogen) atoms. The summed E-state index contributed by atoms with van der Waals surface area (Å²) in [5, 5.41) is 0.389. The van der Waals surface area contributed by atoms with E-state index in [9.17, 15) is 14.0 Å². The summed E-state index contributed by atoms with van der Waals surface area (Å²) < 4.78 is 18.7. The molecule has 0 saturated carbocycles. The molecule has 0 fully saturated rings. The summed E-state index contributed by atoms with van der Waals surface area (Å²) in [5.74, 6) is -0.462. The zero-order valence-electron chi connectivity index (χ0n) is 13.9. The summed E-state index contributed by atoms with van der Waals surface area (Å²) in [6.07, 6.45) is 3.33. The first-order valence-electron chi connectivity index (χ1n) is 7.74. The monoisotopic (exact) mass is 436 g/mol. The first kappa shape index (κ1) is 18.5. The van der Waals surface area contributed by atoms with Crippen LogP contribution in [0.5, 0.6) is 0 Å². The van der Waals surface area contributed by atoms with Crippen molar-refractivity contribution in [1.82, 2.24) is 9.97 Å². The summed E-state index contributed by atoms with van der Waals surface area (Å²) >= 11 is 4.26. The van der Waals surface area contributed by atoms with Gasteiger partial charge in [0.25, 0.3) is 5.56 Å². The molecule has 3 rings (SSSR count). The van der Waals surface area contributed by atoms with Gasteiger partial charge < -0.3 is 9.72 Å². The summed E-state index contributed by atoms with van der Waals surface area (Å²) in [6.45, 7) is 3.69. The van der Waals surface area contributed by atoms with E-state index in [2.05, 4.69) is 25.9 Å². The van der Waals surface area contributed by atoms with Crippen molar-refractivity contribution in [2.75, 3.05) is 6.61 Å². The van der Waals surface area contributed by atoms with Crippen molar-refractivity contribution in [1.29, 1.82) is 0 Å². The van der Waals surface area contributed by atoms with Gasteiger partial charge in [-0.3, -0.25) is 4.79 Å².